The molecule has 2 aromatic carbocycles. The summed E-state index contributed by atoms with van der Waals surface area (Å²) in [7, 11) is 0. The highest BCUT2D eigenvalue weighted by molar-refractivity contribution is 7.99. The molecule has 0 saturated carbocycles. The molecule has 3 rings (SSSR count). The Morgan fingerprint density at radius 3 is 2.63 bits per heavy atom. The molecule has 27 heavy (non-hydrogen) atoms. The van der Waals surface area contributed by atoms with Crippen molar-refractivity contribution < 1.29 is 9.18 Å². The number of aryl methyl sites for hydroxylation is 1. The fourth-order valence-corrected chi connectivity index (χ4v) is 2.95. The molecular weight excluding hydrogens is 363 g/mol. The van der Waals surface area contributed by atoms with Crippen LogP contribution in [0.15, 0.2) is 65.7 Å². The molecule has 1 aromatic heterocycles. The van der Waals surface area contributed by atoms with Crippen LogP contribution in [0.3, 0.4) is 0 Å². The highest BCUT2D eigenvalue weighted by Crippen LogP contribution is 2.19. The van der Waals surface area contributed by atoms with E-state index < -0.39 is 0 Å². The molecule has 1 heterocycles. The summed E-state index contributed by atoms with van der Waals surface area (Å²) >= 11 is 1.27. The van der Waals surface area contributed by atoms with Crippen molar-refractivity contribution in [1.29, 1.82) is 0 Å². The second-order valence-electron chi connectivity index (χ2n) is 5.89. The Morgan fingerprint density at radius 2 is 1.89 bits per heavy atom. The number of thioether (sulfide) groups is 1. The number of hydrogen-bond donors (Lipinski definition) is 2. The SMILES string of the molecule is Cc1ccc(F)cc1NC(=O)CSc1ccc(NCc2ccccc2)nn1. The van der Waals surface area contributed by atoms with Crippen molar-refractivity contribution in [3.05, 3.63) is 77.6 Å². The number of rotatable bonds is 7. The number of amides is 1. The van der Waals surface area contributed by atoms with E-state index in [0.29, 0.717) is 23.1 Å². The first-order valence-corrected chi connectivity index (χ1v) is 9.39. The first-order chi connectivity index (χ1) is 13.1. The molecule has 1 amide bonds. The number of benzene rings is 2. The number of carbonyl (C=O) groups excluding carboxylic acids is 1. The molecule has 138 valence electrons. The maximum Gasteiger partial charge on any atom is 0.234 e. The second kappa shape index (κ2) is 9.14. The van der Waals surface area contributed by atoms with Crippen molar-refractivity contribution in [2.24, 2.45) is 0 Å². The standard InChI is InChI=1S/C20H19FN4OS/c1-14-7-8-16(21)11-17(14)23-19(26)13-27-20-10-9-18(24-25-20)22-12-15-5-3-2-4-6-15/h2-11H,12-13H2,1H3,(H,22,24)(H,23,26). The molecule has 0 aliphatic heterocycles. The van der Waals surface area contributed by atoms with Gasteiger partial charge in [-0.1, -0.05) is 48.2 Å². The summed E-state index contributed by atoms with van der Waals surface area (Å²) in [4.78, 5) is 12.1. The Balaban J connectivity index is 1.48. The lowest BCUT2D eigenvalue weighted by atomic mass is 10.2. The molecule has 0 unspecified atom stereocenters. The highest BCUT2D eigenvalue weighted by atomic mass is 32.2. The van der Waals surface area contributed by atoms with E-state index in [1.54, 1.807) is 6.07 Å². The largest absolute Gasteiger partial charge is 0.365 e. The third-order valence-corrected chi connectivity index (χ3v) is 4.70. The number of aromatic nitrogens is 2. The minimum Gasteiger partial charge on any atom is -0.365 e. The van der Waals surface area contributed by atoms with Gasteiger partial charge in [0.05, 0.1) is 5.75 Å². The topological polar surface area (TPSA) is 66.9 Å². The predicted octanol–water partition coefficient (Wildman–Crippen LogP) is 4.27. The number of anilines is 2. The molecule has 3 aromatic rings. The van der Waals surface area contributed by atoms with Crippen LogP contribution in [-0.2, 0) is 11.3 Å². The number of halogens is 1. The summed E-state index contributed by atoms with van der Waals surface area (Å²) in [5.41, 5.74) is 2.44. The van der Waals surface area contributed by atoms with Crippen LogP contribution >= 0.6 is 11.8 Å². The van der Waals surface area contributed by atoms with E-state index in [0.717, 1.165) is 11.1 Å². The van der Waals surface area contributed by atoms with Crippen molar-refractivity contribution in [2.75, 3.05) is 16.4 Å². The van der Waals surface area contributed by atoms with Gasteiger partial charge in [0.15, 0.2) is 0 Å². The quantitative estimate of drug-likeness (QED) is 0.598. The molecule has 5 nitrogen and oxygen atoms in total. The fourth-order valence-electron chi connectivity index (χ4n) is 2.33. The van der Waals surface area contributed by atoms with Crippen molar-refractivity contribution >= 4 is 29.2 Å². The van der Waals surface area contributed by atoms with Crippen molar-refractivity contribution in [3.8, 4) is 0 Å². The summed E-state index contributed by atoms with van der Waals surface area (Å²) in [6.45, 7) is 2.48. The summed E-state index contributed by atoms with van der Waals surface area (Å²) in [6.07, 6.45) is 0. The first-order valence-electron chi connectivity index (χ1n) is 8.40. The maximum atomic E-state index is 13.3. The van der Waals surface area contributed by atoms with Crippen molar-refractivity contribution in [3.63, 3.8) is 0 Å². The predicted molar refractivity (Wildman–Crippen MR) is 106 cm³/mol. The number of hydrogen-bond acceptors (Lipinski definition) is 5. The minimum atomic E-state index is -0.381. The molecule has 0 bridgehead atoms. The van der Waals surface area contributed by atoms with Crippen LogP contribution < -0.4 is 10.6 Å². The first kappa shape index (κ1) is 18.8. The van der Waals surface area contributed by atoms with Gasteiger partial charge in [-0.2, -0.15) is 0 Å². The van der Waals surface area contributed by atoms with Gasteiger partial charge < -0.3 is 10.6 Å². The Labute approximate surface area is 161 Å². The zero-order chi connectivity index (χ0) is 19.1. The van der Waals surface area contributed by atoms with Crippen LogP contribution in [-0.4, -0.2) is 21.9 Å². The molecule has 0 aliphatic carbocycles. The number of nitrogens with one attached hydrogen (secondary N) is 2. The number of nitrogens with zero attached hydrogens (tertiary/aromatic N) is 2. The van der Waals surface area contributed by atoms with Crippen LogP contribution in [0.2, 0.25) is 0 Å². The summed E-state index contributed by atoms with van der Waals surface area (Å²) < 4.78 is 13.3. The average Bonchev–Trinajstić information content (AvgIpc) is 2.69. The van der Waals surface area contributed by atoms with Gasteiger partial charge in [0.25, 0.3) is 0 Å². The molecule has 7 heteroatoms. The second-order valence-corrected chi connectivity index (χ2v) is 6.89. The third kappa shape index (κ3) is 5.79. The van der Waals surface area contributed by atoms with E-state index in [1.165, 1.54) is 23.9 Å². The van der Waals surface area contributed by atoms with E-state index in [9.17, 15) is 9.18 Å². The van der Waals surface area contributed by atoms with Gasteiger partial charge in [-0.3, -0.25) is 4.79 Å². The molecule has 0 radical (unpaired) electrons. The zero-order valence-corrected chi connectivity index (χ0v) is 15.6. The Hall–Kier alpha value is -2.93. The van der Waals surface area contributed by atoms with Crippen molar-refractivity contribution in [2.45, 2.75) is 18.5 Å². The smallest absolute Gasteiger partial charge is 0.234 e. The normalized spacial score (nSPS) is 10.4. The van der Waals surface area contributed by atoms with Gasteiger partial charge in [-0.15, -0.1) is 10.2 Å². The van der Waals surface area contributed by atoms with Crippen molar-refractivity contribution in [1.82, 2.24) is 10.2 Å². The summed E-state index contributed by atoms with van der Waals surface area (Å²) in [5.74, 6) is 0.236. The Morgan fingerprint density at radius 1 is 1.07 bits per heavy atom. The van der Waals surface area contributed by atoms with Crippen LogP contribution in [0.25, 0.3) is 0 Å². The van der Waals surface area contributed by atoms with Gasteiger partial charge in [0.1, 0.15) is 16.7 Å². The molecule has 0 spiro atoms. The maximum absolute atomic E-state index is 13.3. The van der Waals surface area contributed by atoms with E-state index in [1.807, 2.05) is 49.4 Å². The molecule has 0 atom stereocenters. The molecule has 0 fully saturated rings. The molecule has 0 saturated heterocycles. The minimum absolute atomic E-state index is 0.168. The average molecular weight is 382 g/mol. The summed E-state index contributed by atoms with van der Waals surface area (Å²) in [6, 6.07) is 17.9. The number of carbonyl (C=O) groups is 1. The molecule has 0 aliphatic rings. The lowest BCUT2D eigenvalue weighted by Gasteiger charge is -2.08. The molecular formula is C20H19FN4OS. The van der Waals surface area contributed by atoms with Crippen LogP contribution in [0.5, 0.6) is 0 Å². The Bertz CT molecular complexity index is 904. The lowest BCUT2D eigenvalue weighted by molar-refractivity contribution is -0.113. The Kier molecular flexibility index (Phi) is 6.38. The van der Waals surface area contributed by atoms with Crippen LogP contribution in [0.4, 0.5) is 15.9 Å². The monoisotopic (exact) mass is 382 g/mol. The fraction of sp³-hybridized carbons (Fsp3) is 0.150. The zero-order valence-electron chi connectivity index (χ0n) is 14.8. The van der Waals surface area contributed by atoms with Crippen LogP contribution in [0, 0.1) is 12.7 Å². The lowest BCUT2D eigenvalue weighted by Crippen LogP contribution is -2.15. The molecule has 2 N–H and O–H groups in total. The third-order valence-electron chi connectivity index (χ3n) is 3.78. The summed E-state index contributed by atoms with van der Waals surface area (Å²) in [5, 5.41) is 14.8. The van der Waals surface area contributed by atoms with Gasteiger partial charge in [-0.05, 0) is 42.3 Å². The van der Waals surface area contributed by atoms with Gasteiger partial charge >= 0.3 is 0 Å². The van der Waals surface area contributed by atoms with E-state index >= 15 is 0 Å². The van der Waals surface area contributed by atoms with Gasteiger partial charge in [0, 0.05) is 12.2 Å². The van der Waals surface area contributed by atoms with E-state index in [4.69, 9.17) is 0 Å². The van der Waals surface area contributed by atoms with Gasteiger partial charge in [-0.25, -0.2) is 4.39 Å². The van der Waals surface area contributed by atoms with Gasteiger partial charge in [0.2, 0.25) is 5.91 Å². The highest BCUT2D eigenvalue weighted by Gasteiger charge is 2.08. The van der Waals surface area contributed by atoms with E-state index in [-0.39, 0.29) is 17.5 Å². The van der Waals surface area contributed by atoms with E-state index in [2.05, 4.69) is 20.8 Å². The van der Waals surface area contributed by atoms with Crippen LogP contribution in [0.1, 0.15) is 11.1 Å².